The van der Waals surface area contributed by atoms with Gasteiger partial charge in [-0.2, -0.15) is 0 Å². The summed E-state index contributed by atoms with van der Waals surface area (Å²) in [6, 6.07) is 1.13. The van der Waals surface area contributed by atoms with Crippen LogP contribution in [0.3, 0.4) is 0 Å². The summed E-state index contributed by atoms with van der Waals surface area (Å²) in [5, 5.41) is 8.09. The smallest absolute Gasteiger partial charge is 0.422 e. The number of rotatable bonds is 7. The van der Waals surface area contributed by atoms with Gasteiger partial charge in [-0.3, -0.25) is 0 Å². The number of carboxylic acids is 1. The Morgan fingerprint density at radius 2 is 1.76 bits per heavy atom. The minimum atomic E-state index is -1.85. The summed E-state index contributed by atoms with van der Waals surface area (Å²) in [6.07, 6.45) is 2.50. The minimum absolute atomic E-state index is 0.0615. The highest BCUT2D eigenvalue weighted by molar-refractivity contribution is 6.46. The first-order valence-electron chi connectivity index (χ1n) is 7.44. The second kappa shape index (κ2) is 9.85. The van der Waals surface area contributed by atoms with Gasteiger partial charge in [0.05, 0.1) is 21.7 Å². The number of benzene rings is 1. The fourth-order valence-electron chi connectivity index (χ4n) is 1.89. The first-order chi connectivity index (χ1) is 11.6. The maximum Gasteiger partial charge on any atom is 0.422 e. The Hall–Kier alpha value is -1.50. The molecule has 0 spiro atoms. The quantitative estimate of drug-likeness (QED) is 0.231. The van der Waals surface area contributed by atoms with Crippen LogP contribution in [0.2, 0.25) is 15.1 Å². The number of ether oxygens (including phenoxy) is 2. The number of carbonyl (C=O) groups excluding carboxylic acids is 2. The molecular weight excluding hydrogens is 395 g/mol. The van der Waals surface area contributed by atoms with Crippen molar-refractivity contribution in [1.82, 2.24) is 0 Å². The van der Waals surface area contributed by atoms with E-state index in [0.717, 1.165) is 18.9 Å². The lowest BCUT2D eigenvalue weighted by atomic mass is 10.1. The number of unbranched alkanes of at least 4 members (excludes halogenated alkanes) is 1. The molecule has 0 unspecified atom stereocenters. The molecule has 1 rings (SSSR count). The van der Waals surface area contributed by atoms with E-state index < -0.39 is 29.2 Å². The average Bonchev–Trinajstić information content (AvgIpc) is 2.51. The van der Waals surface area contributed by atoms with Gasteiger partial charge in [0.2, 0.25) is 0 Å². The van der Waals surface area contributed by atoms with Crippen molar-refractivity contribution >= 4 is 52.7 Å². The van der Waals surface area contributed by atoms with Crippen molar-refractivity contribution in [3.05, 3.63) is 26.7 Å². The van der Waals surface area contributed by atoms with E-state index in [0.29, 0.717) is 12.3 Å². The summed E-state index contributed by atoms with van der Waals surface area (Å²) < 4.78 is 9.74. The van der Waals surface area contributed by atoms with Crippen LogP contribution in [0.5, 0.6) is 5.75 Å². The van der Waals surface area contributed by atoms with Gasteiger partial charge in [0, 0.05) is 0 Å². The molecule has 0 bridgehead atoms. The van der Waals surface area contributed by atoms with E-state index >= 15 is 0 Å². The molecule has 1 aromatic carbocycles. The Bertz CT molecular complexity index is 672. The van der Waals surface area contributed by atoms with Crippen molar-refractivity contribution in [3.63, 3.8) is 0 Å². The second-order valence-corrected chi connectivity index (χ2v) is 6.77. The van der Waals surface area contributed by atoms with Crippen LogP contribution in [0.15, 0.2) is 6.07 Å². The van der Waals surface area contributed by atoms with Crippen molar-refractivity contribution in [2.45, 2.75) is 33.1 Å². The van der Waals surface area contributed by atoms with Gasteiger partial charge in [-0.15, -0.1) is 0 Å². The first kappa shape index (κ1) is 21.5. The Labute approximate surface area is 159 Å². The van der Waals surface area contributed by atoms with Crippen molar-refractivity contribution in [1.29, 1.82) is 0 Å². The molecule has 25 heavy (non-hydrogen) atoms. The fraction of sp³-hybridized carbons (Fsp3) is 0.438. The maximum atomic E-state index is 12.3. The Balaban J connectivity index is 2.97. The van der Waals surface area contributed by atoms with Crippen molar-refractivity contribution in [2.75, 3.05) is 6.61 Å². The number of aliphatic carboxylic acids is 1. The van der Waals surface area contributed by atoms with E-state index in [1.165, 1.54) is 0 Å². The predicted octanol–water partition coefficient (Wildman–Crippen LogP) is 4.62. The lowest BCUT2D eigenvalue weighted by molar-refractivity contribution is -0.158. The maximum absolute atomic E-state index is 12.3. The number of hydrogen-bond acceptors (Lipinski definition) is 5. The summed E-state index contributed by atoms with van der Waals surface area (Å²) in [5.74, 6) is -4.34. The van der Waals surface area contributed by atoms with Crippen LogP contribution in [-0.2, 0) is 14.3 Å². The number of hydrogen-bond donors (Lipinski definition) is 1. The van der Waals surface area contributed by atoms with Crippen LogP contribution in [0.1, 0.15) is 43.5 Å². The second-order valence-electron chi connectivity index (χ2n) is 5.58. The highest BCUT2D eigenvalue weighted by Gasteiger charge is 2.27. The third-order valence-corrected chi connectivity index (χ3v) is 4.18. The summed E-state index contributed by atoms with van der Waals surface area (Å²) in [7, 11) is 0. The summed E-state index contributed by atoms with van der Waals surface area (Å²) in [5.41, 5.74) is -0.391. The van der Waals surface area contributed by atoms with Crippen LogP contribution in [-0.4, -0.2) is 29.6 Å². The monoisotopic (exact) mass is 410 g/mol. The molecule has 0 heterocycles. The molecule has 0 aliphatic heterocycles. The molecule has 0 saturated carbocycles. The molecule has 1 N–H and O–H groups in total. The zero-order valence-electron chi connectivity index (χ0n) is 13.6. The average molecular weight is 412 g/mol. The first-order valence-corrected chi connectivity index (χ1v) is 8.58. The molecule has 0 saturated heterocycles. The number of esters is 2. The highest BCUT2D eigenvalue weighted by Crippen LogP contribution is 2.39. The zero-order chi connectivity index (χ0) is 19.1. The van der Waals surface area contributed by atoms with Gasteiger partial charge in [0.15, 0.2) is 5.75 Å². The molecule has 0 aromatic heterocycles. The van der Waals surface area contributed by atoms with E-state index in [2.05, 4.69) is 18.6 Å². The molecule has 0 aliphatic carbocycles. The lowest BCUT2D eigenvalue weighted by Gasteiger charge is -2.13. The van der Waals surface area contributed by atoms with E-state index in [1.54, 1.807) is 0 Å². The van der Waals surface area contributed by atoms with Crippen molar-refractivity contribution in [2.24, 2.45) is 5.92 Å². The number of carboxylic acid groups (broad SMARTS) is 1. The van der Waals surface area contributed by atoms with Gasteiger partial charge < -0.3 is 14.6 Å². The van der Waals surface area contributed by atoms with Gasteiger partial charge in [0.25, 0.3) is 0 Å². The molecule has 0 fully saturated rings. The minimum Gasteiger partial charge on any atom is -0.473 e. The molecule has 6 nitrogen and oxygen atoms in total. The molecule has 1 aromatic rings. The van der Waals surface area contributed by atoms with E-state index in [-0.39, 0.29) is 21.7 Å². The molecular formula is C16H17Cl3O6. The van der Waals surface area contributed by atoms with Crippen molar-refractivity contribution < 1.29 is 29.0 Å². The zero-order valence-corrected chi connectivity index (χ0v) is 15.9. The fourth-order valence-corrected chi connectivity index (χ4v) is 2.61. The van der Waals surface area contributed by atoms with Gasteiger partial charge >= 0.3 is 17.9 Å². The lowest BCUT2D eigenvalue weighted by Crippen LogP contribution is -2.21. The molecule has 0 amide bonds. The Morgan fingerprint density at radius 3 is 2.32 bits per heavy atom. The van der Waals surface area contributed by atoms with E-state index in [4.69, 9.17) is 44.6 Å². The van der Waals surface area contributed by atoms with E-state index in [1.807, 2.05) is 0 Å². The van der Waals surface area contributed by atoms with Gasteiger partial charge in [-0.05, 0) is 24.8 Å². The largest absolute Gasteiger partial charge is 0.473 e. The number of halogens is 3. The van der Waals surface area contributed by atoms with Crippen LogP contribution in [0.25, 0.3) is 0 Å². The molecule has 0 radical (unpaired) electrons. The molecule has 0 atom stereocenters. The van der Waals surface area contributed by atoms with Crippen LogP contribution in [0, 0.1) is 5.92 Å². The molecule has 138 valence electrons. The third-order valence-electron chi connectivity index (χ3n) is 3.11. The van der Waals surface area contributed by atoms with Crippen LogP contribution < -0.4 is 4.74 Å². The highest BCUT2D eigenvalue weighted by atomic mass is 35.5. The third kappa shape index (κ3) is 6.38. The van der Waals surface area contributed by atoms with Crippen LogP contribution in [0.4, 0.5) is 0 Å². The number of carbonyl (C=O) groups is 3. The normalized spacial score (nSPS) is 10.6. The summed E-state index contributed by atoms with van der Waals surface area (Å²) >= 11 is 17.7. The van der Waals surface area contributed by atoms with Gasteiger partial charge in [-0.25, -0.2) is 14.4 Å². The van der Waals surface area contributed by atoms with E-state index in [9.17, 15) is 14.4 Å². The predicted molar refractivity (Wildman–Crippen MR) is 93.7 cm³/mol. The summed E-state index contributed by atoms with van der Waals surface area (Å²) in [4.78, 5) is 34.2. The topological polar surface area (TPSA) is 89.9 Å². The van der Waals surface area contributed by atoms with Gasteiger partial charge in [-0.1, -0.05) is 55.1 Å². The SMILES string of the molecule is CC(C)CCCCOC(=O)c1c(Cl)c(Cl)cc(Cl)c1OC(=O)C(=O)O. The molecule has 0 aliphatic rings. The standard InChI is InChI=1S/C16H17Cl3O6/c1-8(2)5-3-4-6-24-15(22)11-12(19)9(17)7-10(18)13(11)25-16(23)14(20)21/h7-8H,3-6H2,1-2H3,(H,20,21). The van der Waals surface area contributed by atoms with Crippen LogP contribution >= 0.6 is 34.8 Å². The Morgan fingerprint density at radius 1 is 1.12 bits per heavy atom. The van der Waals surface area contributed by atoms with Crippen molar-refractivity contribution in [3.8, 4) is 5.75 Å². The van der Waals surface area contributed by atoms with Gasteiger partial charge in [0.1, 0.15) is 5.56 Å². The Kier molecular flexibility index (Phi) is 8.48. The summed E-state index contributed by atoms with van der Waals surface area (Å²) in [6.45, 7) is 4.30. The molecule has 9 heteroatoms.